The van der Waals surface area contributed by atoms with Gasteiger partial charge in [0, 0.05) is 5.69 Å². The third-order valence-electron chi connectivity index (χ3n) is 2.67. The molecule has 0 saturated carbocycles. The quantitative estimate of drug-likeness (QED) is 0.862. The first-order valence-electron chi connectivity index (χ1n) is 6.19. The van der Waals surface area contributed by atoms with Gasteiger partial charge in [0.2, 0.25) is 15.9 Å². The average molecular weight is 359 g/mol. The lowest BCUT2D eigenvalue weighted by atomic mass is 10.3. The van der Waals surface area contributed by atoms with E-state index in [1.54, 1.807) is 30.3 Å². The van der Waals surface area contributed by atoms with Crippen molar-refractivity contribution in [1.29, 1.82) is 0 Å². The van der Waals surface area contributed by atoms with Gasteiger partial charge in [0.05, 0.1) is 16.6 Å². The molecule has 0 spiro atoms. The molecule has 0 aromatic heterocycles. The Morgan fingerprint density at radius 2 is 1.55 bits per heavy atom. The van der Waals surface area contributed by atoms with Crippen LogP contribution in [-0.4, -0.2) is 20.9 Å². The minimum atomic E-state index is -3.98. The molecule has 0 aliphatic rings. The van der Waals surface area contributed by atoms with Crippen LogP contribution in [0.4, 0.5) is 5.69 Å². The molecule has 2 rings (SSSR count). The van der Waals surface area contributed by atoms with Gasteiger partial charge in [-0.2, -0.15) is 0 Å². The van der Waals surface area contributed by atoms with Gasteiger partial charge in [-0.25, -0.2) is 13.1 Å². The molecule has 1 amide bonds. The predicted octanol–water partition coefficient (Wildman–Crippen LogP) is 2.91. The summed E-state index contributed by atoms with van der Waals surface area (Å²) in [7, 11) is -3.98. The number of halogens is 2. The lowest BCUT2D eigenvalue weighted by molar-refractivity contribution is -0.115. The van der Waals surface area contributed by atoms with E-state index >= 15 is 0 Å². The Hall–Kier alpha value is -1.60. The van der Waals surface area contributed by atoms with Crippen molar-refractivity contribution in [3.63, 3.8) is 0 Å². The van der Waals surface area contributed by atoms with Crippen molar-refractivity contribution in [1.82, 2.24) is 4.72 Å². The summed E-state index contributed by atoms with van der Waals surface area (Å²) in [5.74, 6) is -0.502. The Labute approximate surface area is 138 Å². The van der Waals surface area contributed by atoms with Crippen LogP contribution in [0.15, 0.2) is 53.4 Å². The summed E-state index contributed by atoms with van der Waals surface area (Å²) in [6, 6.07) is 13.0. The molecule has 0 unspecified atom stereocenters. The SMILES string of the molecule is O=C(CNS(=O)(=O)c1c(Cl)cccc1Cl)Nc1ccccc1. The third kappa shape index (κ3) is 4.20. The van der Waals surface area contributed by atoms with E-state index in [1.165, 1.54) is 18.2 Å². The highest BCUT2D eigenvalue weighted by molar-refractivity contribution is 7.89. The number of carbonyl (C=O) groups excluding carboxylic acids is 1. The molecule has 0 bridgehead atoms. The van der Waals surface area contributed by atoms with Crippen LogP contribution in [0.25, 0.3) is 0 Å². The van der Waals surface area contributed by atoms with Crippen molar-refractivity contribution >= 4 is 44.8 Å². The summed E-state index contributed by atoms with van der Waals surface area (Å²) in [4.78, 5) is 11.5. The summed E-state index contributed by atoms with van der Waals surface area (Å²) in [5.41, 5.74) is 0.572. The molecule has 0 aliphatic carbocycles. The topological polar surface area (TPSA) is 75.3 Å². The molecule has 0 aliphatic heterocycles. The van der Waals surface area contributed by atoms with E-state index in [0.29, 0.717) is 5.69 Å². The van der Waals surface area contributed by atoms with Crippen molar-refractivity contribution in [2.24, 2.45) is 0 Å². The number of hydrogen-bond acceptors (Lipinski definition) is 3. The van der Waals surface area contributed by atoms with Crippen LogP contribution >= 0.6 is 23.2 Å². The van der Waals surface area contributed by atoms with E-state index in [1.807, 2.05) is 0 Å². The van der Waals surface area contributed by atoms with Crippen LogP contribution < -0.4 is 10.0 Å². The lowest BCUT2D eigenvalue weighted by Gasteiger charge is -2.10. The number of nitrogens with one attached hydrogen (secondary N) is 2. The third-order valence-corrected chi connectivity index (χ3v) is 5.02. The van der Waals surface area contributed by atoms with E-state index in [4.69, 9.17) is 23.2 Å². The molecule has 0 saturated heterocycles. The zero-order valence-electron chi connectivity index (χ0n) is 11.2. The van der Waals surface area contributed by atoms with Crippen LogP contribution in [-0.2, 0) is 14.8 Å². The van der Waals surface area contributed by atoms with Gasteiger partial charge in [-0.3, -0.25) is 4.79 Å². The monoisotopic (exact) mass is 358 g/mol. The molecule has 2 aromatic rings. The average Bonchev–Trinajstić information content (AvgIpc) is 2.46. The van der Waals surface area contributed by atoms with Gasteiger partial charge in [0.25, 0.3) is 0 Å². The Morgan fingerprint density at radius 1 is 0.955 bits per heavy atom. The minimum Gasteiger partial charge on any atom is -0.325 e. The van der Waals surface area contributed by atoms with Crippen LogP contribution in [0.2, 0.25) is 10.0 Å². The van der Waals surface area contributed by atoms with Gasteiger partial charge in [-0.15, -0.1) is 0 Å². The largest absolute Gasteiger partial charge is 0.325 e. The van der Waals surface area contributed by atoms with E-state index < -0.39 is 22.5 Å². The van der Waals surface area contributed by atoms with Crippen molar-refractivity contribution in [2.45, 2.75) is 4.90 Å². The standard InChI is InChI=1S/C14H12Cl2N2O3S/c15-11-7-4-8-12(16)14(11)22(20,21)17-9-13(19)18-10-5-2-1-3-6-10/h1-8,17H,9H2,(H,18,19). The molecule has 2 N–H and O–H groups in total. The molecule has 5 nitrogen and oxygen atoms in total. The van der Waals surface area contributed by atoms with Crippen LogP contribution in [0.5, 0.6) is 0 Å². The highest BCUT2D eigenvalue weighted by atomic mass is 35.5. The fourth-order valence-corrected chi connectivity index (χ4v) is 3.82. The second-order valence-electron chi connectivity index (χ2n) is 4.29. The first-order valence-corrected chi connectivity index (χ1v) is 8.42. The molecule has 0 heterocycles. The van der Waals surface area contributed by atoms with Gasteiger partial charge in [0.15, 0.2) is 0 Å². The molecule has 116 valence electrons. The Balaban J connectivity index is 2.06. The number of anilines is 1. The smallest absolute Gasteiger partial charge is 0.244 e. The van der Waals surface area contributed by atoms with E-state index in [9.17, 15) is 13.2 Å². The Bertz CT molecular complexity index is 760. The number of sulfonamides is 1. The first-order chi connectivity index (χ1) is 10.4. The van der Waals surface area contributed by atoms with Crippen molar-refractivity contribution in [2.75, 3.05) is 11.9 Å². The number of amides is 1. The Morgan fingerprint density at radius 3 is 2.14 bits per heavy atom. The summed E-state index contributed by atoms with van der Waals surface area (Å²) in [6.45, 7) is -0.432. The molecule has 8 heteroatoms. The molecule has 22 heavy (non-hydrogen) atoms. The summed E-state index contributed by atoms with van der Waals surface area (Å²) < 4.78 is 26.5. The van der Waals surface area contributed by atoms with Gasteiger partial charge >= 0.3 is 0 Å². The zero-order valence-corrected chi connectivity index (χ0v) is 13.5. The molecular weight excluding hydrogens is 347 g/mol. The molecule has 2 aromatic carbocycles. The van der Waals surface area contributed by atoms with Gasteiger partial charge < -0.3 is 5.32 Å². The lowest BCUT2D eigenvalue weighted by Crippen LogP contribution is -2.33. The second-order valence-corrected chi connectivity index (χ2v) is 6.81. The molecule has 0 fully saturated rings. The van der Waals surface area contributed by atoms with Gasteiger partial charge in [0.1, 0.15) is 4.90 Å². The summed E-state index contributed by atoms with van der Waals surface area (Å²) in [6.07, 6.45) is 0. The van der Waals surface area contributed by atoms with Crippen LogP contribution in [0, 0.1) is 0 Å². The van der Waals surface area contributed by atoms with Crippen molar-refractivity contribution in [3.05, 3.63) is 58.6 Å². The van der Waals surface area contributed by atoms with Gasteiger partial charge in [-0.05, 0) is 24.3 Å². The number of carbonyl (C=O) groups is 1. The number of benzene rings is 2. The van der Waals surface area contributed by atoms with Crippen molar-refractivity contribution < 1.29 is 13.2 Å². The van der Waals surface area contributed by atoms with Crippen LogP contribution in [0.1, 0.15) is 0 Å². The van der Waals surface area contributed by atoms with Gasteiger partial charge in [-0.1, -0.05) is 47.5 Å². The van der Waals surface area contributed by atoms with E-state index in [-0.39, 0.29) is 14.9 Å². The molecule has 0 radical (unpaired) electrons. The fraction of sp³-hybridized carbons (Fsp3) is 0.0714. The number of para-hydroxylation sites is 1. The van der Waals surface area contributed by atoms with Crippen LogP contribution in [0.3, 0.4) is 0 Å². The number of rotatable bonds is 5. The van der Waals surface area contributed by atoms with E-state index in [0.717, 1.165) is 0 Å². The second kappa shape index (κ2) is 7.11. The fourth-order valence-electron chi connectivity index (χ4n) is 1.70. The first kappa shape index (κ1) is 16.8. The highest BCUT2D eigenvalue weighted by Gasteiger charge is 2.22. The normalized spacial score (nSPS) is 11.2. The van der Waals surface area contributed by atoms with E-state index in [2.05, 4.69) is 10.0 Å². The maximum atomic E-state index is 12.2. The summed E-state index contributed by atoms with van der Waals surface area (Å²) in [5, 5.41) is 2.54. The highest BCUT2D eigenvalue weighted by Crippen LogP contribution is 2.28. The zero-order chi connectivity index (χ0) is 16.2. The molecular formula is C14H12Cl2N2O3S. The maximum Gasteiger partial charge on any atom is 0.244 e. The molecule has 0 atom stereocenters. The van der Waals surface area contributed by atoms with Crippen molar-refractivity contribution in [3.8, 4) is 0 Å². The minimum absolute atomic E-state index is 0.0107. The Kier molecular flexibility index (Phi) is 5.42. The summed E-state index contributed by atoms with van der Waals surface area (Å²) >= 11 is 11.7. The predicted molar refractivity (Wildman–Crippen MR) is 86.7 cm³/mol. The maximum absolute atomic E-state index is 12.2. The number of hydrogen-bond donors (Lipinski definition) is 2.